The van der Waals surface area contributed by atoms with Crippen LogP contribution in [-0.4, -0.2) is 46.7 Å². The van der Waals surface area contributed by atoms with Crippen molar-refractivity contribution in [1.29, 1.82) is 0 Å². The van der Waals surface area contributed by atoms with Crippen molar-refractivity contribution in [3.63, 3.8) is 0 Å². The summed E-state index contributed by atoms with van der Waals surface area (Å²) in [7, 11) is 1.76. The minimum absolute atomic E-state index is 0.0489. The molecule has 0 fully saturated rings. The summed E-state index contributed by atoms with van der Waals surface area (Å²) >= 11 is 6.57. The molecule has 0 unspecified atom stereocenters. The molecule has 7 nitrogen and oxygen atoms in total. The Bertz CT molecular complexity index is 1080. The normalized spacial score (nSPS) is 15.2. The topological polar surface area (TPSA) is 80.8 Å². The number of aromatic nitrogens is 1. The number of nitrogens with one attached hydrogen (secondary N) is 1. The van der Waals surface area contributed by atoms with Crippen LogP contribution in [0.2, 0.25) is 5.02 Å². The Kier molecular flexibility index (Phi) is 7.46. The average molecular weight is 488 g/mol. The van der Waals surface area contributed by atoms with Gasteiger partial charge in [0.15, 0.2) is 0 Å². The molecule has 0 bridgehead atoms. The Balaban J connectivity index is 1.78. The molecule has 1 aliphatic rings. The number of pyridine rings is 1. The van der Waals surface area contributed by atoms with Gasteiger partial charge in [0.25, 0.3) is 5.91 Å². The van der Waals surface area contributed by atoms with Crippen LogP contribution >= 0.6 is 11.6 Å². The summed E-state index contributed by atoms with van der Waals surface area (Å²) in [6.07, 6.45) is 1.92. The summed E-state index contributed by atoms with van der Waals surface area (Å²) < 4.78 is 11.5. The lowest BCUT2D eigenvalue weighted by atomic mass is 9.91. The van der Waals surface area contributed by atoms with E-state index in [2.05, 4.69) is 24.1 Å². The van der Waals surface area contributed by atoms with Gasteiger partial charge in [0.05, 0.1) is 28.4 Å². The number of carbonyl (C=O) groups excluding carboxylic acids is 2. The zero-order valence-corrected chi connectivity index (χ0v) is 21.7. The van der Waals surface area contributed by atoms with Gasteiger partial charge in [-0.25, -0.2) is 4.79 Å². The summed E-state index contributed by atoms with van der Waals surface area (Å²) in [5, 5.41) is 3.39. The molecule has 1 aromatic carbocycles. The molecule has 2 amide bonds. The molecule has 1 atom stereocenters. The first-order valence-corrected chi connectivity index (χ1v) is 11.8. The minimum atomic E-state index is -0.651. The van der Waals surface area contributed by atoms with Crippen LogP contribution in [0.15, 0.2) is 30.5 Å². The third-order valence-corrected chi connectivity index (χ3v) is 5.72. The Labute approximate surface area is 206 Å². The number of halogens is 1. The van der Waals surface area contributed by atoms with E-state index < -0.39 is 17.2 Å². The molecular weight excluding hydrogens is 454 g/mol. The van der Waals surface area contributed by atoms with Gasteiger partial charge in [-0.15, -0.1) is 0 Å². The number of nitrogens with zero attached hydrogens (tertiary/aromatic N) is 2. The van der Waals surface area contributed by atoms with Crippen molar-refractivity contribution in [3.8, 4) is 16.9 Å². The maximum absolute atomic E-state index is 12.6. The van der Waals surface area contributed by atoms with Crippen molar-refractivity contribution in [2.45, 2.75) is 65.6 Å². The predicted molar refractivity (Wildman–Crippen MR) is 133 cm³/mol. The number of hydrogen-bond donors (Lipinski definition) is 1. The quantitative estimate of drug-likeness (QED) is 0.542. The first-order valence-electron chi connectivity index (χ1n) is 11.5. The smallest absolute Gasteiger partial charge is 0.408 e. The Hall–Kier alpha value is -2.80. The summed E-state index contributed by atoms with van der Waals surface area (Å²) in [4.78, 5) is 31.0. The Morgan fingerprint density at radius 2 is 1.94 bits per heavy atom. The molecule has 0 spiro atoms. The molecule has 0 saturated carbocycles. The number of ether oxygens (including phenoxy) is 2. The van der Waals surface area contributed by atoms with Crippen LogP contribution in [0.25, 0.3) is 11.1 Å². The van der Waals surface area contributed by atoms with Crippen LogP contribution < -0.4 is 10.1 Å². The van der Waals surface area contributed by atoms with E-state index in [0.29, 0.717) is 35.2 Å². The van der Waals surface area contributed by atoms with E-state index >= 15 is 0 Å². The molecule has 2 heterocycles. The van der Waals surface area contributed by atoms with Gasteiger partial charge in [-0.2, -0.15) is 0 Å². The molecule has 1 N–H and O–H groups in total. The highest BCUT2D eigenvalue weighted by Gasteiger charge is 2.32. The van der Waals surface area contributed by atoms with Gasteiger partial charge < -0.3 is 19.7 Å². The van der Waals surface area contributed by atoms with E-state index in [0.717, 1.165) is 16.8 Å². The van der Waals surface area contributed by atoms with E-state index in [1.807, 2.05) is 39.8 Å². The summed E-state index contributed by atoms with van der Waals surface area (Å²) in [5.41, 5.74) is 1.74. The number of hydrogen-bond acceptors (Lipinski definition) is 5. The maximum atomic E-state index is 12.6. The second kappa shape index (κ2) is 9.82. The molecule has 184 valence electrons. The molecular formula is C26H34ClN3O4. The Morgan fingerprint density at radius 3 is 2.56 bits per heavy atom. The fourth-order valence-electron chi connectivity index (χ4n) is 4.21. The molecule has 0 saturated heterocycles. The van der Waals surface area contributed by atoms with Gasteiger partial charge in [0.2, 0.25) is 0 Å². The number of rotatable bonds is 7. The van der Waals surface area contributed by atoms with Gasteiger partial charge >= 0.3 is 6.09 Å². The van der Waals surface area contributed by atoms with E-state index in [9.17, 15) is 9.59 Å². The lowest BCUT2D eigenvalue weighted by molar-refractivity contribution is 0.0408. The van der Waals surface area contributed by atoms with Gasteiger partial charge in [-0.1, -0.05) is 31.5 Å². The van der Waals surface area contributed by atoms with Crippen LogP contribution in [-0.2, 0) is 11.3 Å². The molecule has 2 aromatic rings. The first kappa shape index (κ1) is 25.8. The lowest BCUT2D eigenvalue weighted by Gasteiger charge is -2.33. The molecule has 1 aliphatic heterocycles. The zero-order valence-electron chi connectivity index (χ0n) is 21.0. The minimum Gasteiger partial charge on any atom is -0.490 e. The predicted octanol–water partition coefficient (Wildman–Crippen LogP) is 5.70. The third-order valence-electron chi connectivity index (χ3n) is 5.43. The van der Waals surface area contributed by atoms with Crippen LogP contribution in [0.4, 0.5) is 4.79 Å². The molecule has 1 aromatic heterocycles. The van der Waals surface area contributed by atoms with Crippen LogP contribution in [0.3, 0.4) is 0 Å². The SMILES string of the molecule is CC(C)C[C@@](C)(COc1ccc(-c2ccnc3c2C(=O)N(C)C3)cc1Cl)NC(=O)OC(C)(C)C. The van der Waals surface area contributed by atoms with Crippen molar-refractivity contribution < 1.29 is 19.1 Å². The number of carbonyl (C=O) groups is 2. The van der Waals surface area contributed by atoms with Gasteiger partial charge in [-0.3, -0.25) is 9.78 Å². The summed E-state index contributed by atoms with van der Waals surface area (Å²) in [6, 6.07) is 7.28. The highest BCUT2D eigenvalue weighted by molar-refractivity contribution is 6.32. The second-order valence-corrected chi connectivity index (χ2v) is 11.0. The number of fused-ring (bicyclic) bond motifs is 1. The molecule has 34 heavy (non-hydrogen) atoms. The van der Waals surface area contributed by atoms with Crippen LogP contribution in [0, 0.1) is 5.92 Å². The van der Waals surface area contributed by atoms with E-state index in [1.165, 1.54) is 0 Å². The lowest BCUT2D eigenvalue weighted by Crippen LogP contribution is -2.52. The van der Waals surface area contributed by atoms with Crippen molar-refractivity contribution >= 4 is 23.6 Å². The maximum Gasteiger partial charge on any atom is 0.408 e. The van der Waals surface area contributed by atoms with Crippen molar-refractivity contribution in [3.05, 3.63) is 46.7 Å². The summed E-state index contributed by atoms with van der Waals surface area (Å²) in [6.45, 7) is 12.3. The monoisotopic (exact) mass is 487 g/mol. The Morgan fingerprint density at radius 1 is 1.24 bits per heavy atom. The van der Waals surface area contributed by atoms with Crippen LogP contribution in [0.5, 0.6) is 5.75 Å². The largest absolute Gasteiger partial charge is 0.490 e. The van der Waals surface area contributed by atoms with Crippen molar-refractivity contribution in [2.24, 2.45) is 5.92 Å². The summed E-state index contributed by atoms with van der Waals surface area (Å²) in [5.74, 6) is 0.776. The highest BCUT2D eigenvalue weighted by Crippen LogP contribution is 2.35. The number of benzene rings is 1. The second-order valence-electron chi connectivity index (χ2n) is 10.6. The molecule has 3 rings (SSSR count). The number of amides is 2. The van der Waals surface area contributed by atoms with E-state index in [-0.39, 0.29) is 12.5 Å². The van der Waals surface area contributed by atoms with Crippen molar-refractivity contribution in [1.82, 2.24) is 15.2 Å². The van der Waals surface area contributed by atoms with Gasteiger partial charge in [0, 0.05) is 13.2 Å². The fourth-order valence-corrected chi connectivity index (χ4v) is 4.45. The molecule has 0 radical (unpaired) electrons. The van der Waals surface area contributed by atoms with Gasteiger partial charge in [0.1, 0.15) is 18.0 Å². The van der Waals surface area contributed by atoms with Crippen LogP contribution in [0.1, 0.15) is 64.0 Å². The molecule has 8 heteroatoms. The van der Waals surface area contributed by atoms with E-state index in [4.69, 9.17) is 21.1 Å². The average Bonchev–Trinajstić information content (AvgIpc) is 2.98. The van der Waals surface area contributed by atoms with Gasteiger partial charge in [-0.05, 0) is 69.4 Å². The molecule has 0 aliphatic carbocycles. The zero-order chi connectivity index (χ0) is 25.3. The van der Waals surface area contributed by atoms with E-state index in [1.54, 1.807) is 30.3 Å². The first-order chi connectivity index (χ1) is 15.8. The standard InChI is InChI=1S/C26H34ClN3O4/c1-16(2)13-26(6,29-24(32)34-25(3,4)5)15-33-21-9-8-17(12-19(21)27)18-10-11-28-20-14-30(7)23(31)22(18)20/h8-12,16H,13-15H2,1-7H3,(H,29,32)/t26-/m0/s1. The number of alkyl carbamates (subject to hydrolysis) is 1. The van der Waals surface area contributed by atoms with Crippen molar-refractivity contribution in [2.75, 3.05) is 13.7 Å². The third kappa shape index (κ3) is 6.20. The highest BCUT2D eigenvalue weighted by atomic mass is 35.5. The fraction of sp³-hybridized carbons (Fsp3) is 0.500.